The molecule has 0 amide bonds. The minimum absolute atomic E-state index is 0.803. The Labute approximate surface area is 119 Å². The Hall–Kier alpha value is -0.900. The predicted octanol–water partition coefficient (Wildman–Crippen LogP) is 3.39. The lowest BCUT2D eigenvalue weighted by atomic mass is 9.88. The first-order valence-corrected chi connectivity index (χ1v) is 8.19. The second-order valence-corrected chi connectivity index (χ2v) is 7.10. The first kappa shape index (κ1) is 13.1. The molecule has 2 saturated carbocycles. The maximum atomic E-state index is 11.0. The highest BCUT2D eigenvalue weighted by molar-refractivity contribution is 7.17. The fourth-order valence-corrected chi connectivity index (χ4v) is 4.83. The molecule has 1 aromatic heterocycles. The summed E-state index contributed by atoms with van der Waals surface area (Å²) >= 11 is 1.54. The Bertz CT molecular complexity index is 471. The number of rotatable bonds is 5. The van der Waals surface area contributed by atoms with E-state index in [0.29, 0.717) is 0 Å². The number of aromatic nitrogens is 1. The van der Waals surface area contributed by atoms with E-state index in [-0.39, 0.29) is 0 Å². The van der Waals surface area contributed by atoms with Gasteiger partial charge in [0.1, 0.15) is 0 Å². The van der Waals surface area contributed by atoms with Gasteiger partial charge in [0.05, 0.1) is 10.6 Å². The molecule has 0 aromatic carbocycles. The Morgan fingerprint density at radius 3 is 2.79 bits per heavy atom. The molecule has 2 bridgehead atoms. The van der Waals surface area contributed by atoms with E-state index < -0.39 is 0 Å². The lowest BCUT2D eigenvalue weighted by Gasteiger charge is -2.26. The van der Waals surface area contributed by atoms with Crippen LogP contribution in [0.3, 0.4) is 0 Å². The molecule has 2 aliphatic rings. The lowest BCUT2D eigenvalue weighted by molar-refractivity contribution is 0.112. The molecule has 0 aliphatic heterocycles. The van der Waals surface area contributed by atoms with Gasteiger partial charge in [0.25, 0.3) is 0 Å². The van der Waals surface area contributed by atoms with Gasteiger partial charge in [0.15, 0.2) is 11.4 Å². The standard InChI is InChI=1S/C15H22N2OS/c1-3-13-14(9-18)19-15(16-13)17(2)8-12-7-10-4-5-11(12)6-10/h9-12H,3-8H2,1-2H3. The zero-order valence-corrected chi connectivity index (χ0v) is 12.6. The molecule has 19 heavy (non-hydrogen) atoms. The number of nitrogens with zero attached hydrogens (tertiary/aromatic N) is 2. The first-order chi connectivity index (χ1) is 9.21. The second-order valence-electron chi connectivity index (χ2n) is 6.09. The zero-order valence-electron chi connectivity index (χ0n) is 11.8. The van der Waals surface area contributed by atoms with Gasteiger partial charge < -0.3 is 4.90 Å². The lowest BCUT2D eigenvalue weighted by Crippen LogP contribution is -2.28. The number of thiazole rings is 1. The van der Waals surface area contributed by atoms with Crippen molar-refractivity contribution in [3.8, 4) is 0 Å². The number of hydrogen-bond donors (Lipinski definition) is 0. The highest BCUT2D eigenvalue weighted by Gasteiger charge is 2.39. The fourth-order valence-electron chi connectivity index (χ4n) is 3.89. The van der Waals surface area contributed by atoms with Crippen LogP contribution in [0.2, 0.25) is 0 Å². The topological polar surface area (TPSA) is 33.2 Å². The maximum absolute atomic E-state index is 11.0. The largest absolute Gasteiger partial charge is 0.351 e. The highest BCUT2D eigenvalue weighted by atomic mass is 32.1. The monoisotopic (exact) mass is 278 g/mol. The van der Waals surface area contributed by atoms with E-state index in [1.54, 1.807) is 11.3 Å². The zero-order chi connectivity index (χ0) is 13.4. The van der Waals surface area contributed by atoms with Crippen LogP contribution in [0.25, 0.3) is 0 Å². The molecule has 2 fully saturated rings. The molecule has 3 unspecified atom stereocenters. The van der Waals surface area contributed by atoms with E-state index in [1.807, 2.05) is 0 Å². The smallest absolute Gasteiger partial charge is 0.185 e. The van der Waals surface area contributed by atoms with E-state index >= 15 is 0 Å². The van der Waals surface area contributed by atoms with Crippen LogP contribution in [0.5, 0.6) is 0 Å². The average Bonchev–Trinajstić information content (AvgIpc) is 3.12. The van der Waals surface area contributed by atoms with Gasteiger partial charge in [-0.3, -0.25) is 4.79 Å². The third kappa shape index (κ3) is 2.42. The van der Waals surface area contributed by atoms with E-state index in [2.05, 4.69) is 23.9 Å². The third-order valence-electron chi connectivity index (χ3n) is 4.88. The van der Waals surface area contributed by atoms with Gasteiger partial charge in [-0.2, -0.15) is 0 Å². The van der Waals surface area contributed by atoms with Crippen molar-refractivity contribution in [2.75, 3.05) is 18.5 Å². The van der Waals surface area contributed by atoms with Crippen molar-refractivity contribution in [1.29, 1.82) is 0 Å². The molecule has 3 nitrogen and oxygen atoms in total. The molecule has 1 heterocycles. The number of fused-ring (bicyclic) bond motifs is 2. The number of anilines is 1. The maximum Gasteiger partial charge on any atom is 0.185 e. The SMILES string of the molecule is CCc1nc(N(C)CC2CC3CCC2C3)sc1C=O. The van der Waals surface area contributed by atoms with Gasteiger partial charge in [-0.25, -0.2) is 4.98 Å². The van der Waals surface area contributed by atoms with Crippen molar-refractivity contribution in [2.24, 2.45) is 17.8 Å². The minimum Gasteiger partial charge on any atom is -0.351 e. The van der Waals surface area contributed by atoms with Crippen LogP contribution in [0, 0.1) is 17.8 Å². The molecule has 3 rings (SSSR count). The molecular formula is C15H22N2OS. The summed E-state index contributed by atoms with van der Waals surface area (Å²) in [4.78, 5) is 18.7. The van der Waals surface area contributed by atoms with Gasteiger partial charge in [-0.15, -0.1) is 0 Å². The van der Waals surface area contributed by atoms with E-state index in [4.69, 9.17) is 0 Å². The molecule has 3 atom stereocenters. The number of aldehydes is 1. The van der Waals surface area contributed by atoms with E-state index in [0.717, 1.165) is 52.7 Å². The number of aryl methyl sites for hydroxylation is 1. The minimum atomic E-state index is 0.803. The van der Waals surface area contributed by atoms with Gasteiger partial charge in [-0.1, -0.05) is 24.7 Å². The van der Waals surface area contributed by atoms with E-state index in [1.165, 1.54) is 25.7 Å². The molecule has 0 saturated heterocycles. The van der Waals surface area contributed by atoms with Crippen LogP contribution in [0.15, 0.2) is 0 Å². The van der Waals surface area contributed by atoms with Crippen molar-refractivity contribution in [2.45, 2.75) is 39.0 Å². The van der Waals surface area contributed by atoms with Gasteiger partial charge in [0.2, 0.25) is 0 Å². The van der Waals surface area contributed by atoms with Crippen molar-refractivity contribution in [3.05, 3.63) is 10.6 Å². The molecule has 2 aliphatic carbocycles. The molecule has 104 valence electrons. The third-order valence-corrected chi connectivity index (χ3v) is 6.01. The Morgan fingerprint density at radius 2 is 2.26 bits per heavy atom. The first-order valence-electron chi connectivity index (χ1n) is 7.37. The Morgan fingerprint density at radius 1 is 1.42 bits per heavy atom. The van der Waals surface area contributed by atoms with Crippen LogP contribution in [-0.4, -0.2) is 24.9 Å². The molecular weight excluding hydrogens is 256 g/mol. The summed E-state index contributed by atoms with van der Waals surface area (Å²) in [7, 11) is 2.12. The summed E-state index contributed by atoms with van der Waals surface area (Å²) in [5.41, 5.74) is 0.954. The van der Waals surface area contributed by atoms with Crippen LogP contribution in [0.4, 0.5) is 5.13 Å². The number of hydrogen-bond acceptors (Lipinski definition) is 4. The summed E-state index contributed by atoms with van der Waals surface area (Å²) in [6, 6.07) is 0. The molecule has 1 aromatic rings. The summed E-state index contributed by atoms with van der Waals surface area (Å²) in [5.74, 6) is 2.79. The van der Waals surface area contributed by atoms with Crippen LogP contribution >= 0.6 is 11.3 Å². The van der Waals surface area contributed by atoms with Crippen molar-refractivity contribution >= 4 is 22.8 Å². The summed E-state index contributed by atoms with van der Waals surface area (Å²) in [6.45, 7) is 3.16. The molecule has 0 N–H and O–H groups in total. The van der Waals surface area contributed by atoms with Crippen LogP contribution in [-0.2, 0) is 6.42 Å². The normalized spacial score (nSPS) is 28.8. The van der Waals surface area contributed by atoms with Crippen molar-refractivity contribution in [1.82, 2.24) is 4.98 Å². The summed E-state index contributed by atoms with van der Waals surface area (Å²) in [5, 5.41) is 1.02. The summed E-state index contributed by atoms with van der Waals surface area (Å²) in [6.07, 6.45) is 7.54. The molecule has 4 heteroatoms. The predicted molar refractivity (Wildman–Crippen MR) is 79.1 cm³/mol. The quantitative estimate of drug-likeness (QED) is 0.774. The molecule has 0 spiro atoms. The van der Waals surface area contributed by atoms with Gasteiger partial charge in [-0.05, 0) is 43.4 Å². The number of carbonyl (C=O) groups excluding carboxylic acids is 1. The summed E-state index contributed by atoms with van der Waals surface area (Å²) < 4.78 is 0. The highest BCUT2D eigenvalue weighted by Crippen LogP contribution is 2.48. The van der Waals surface area contributed by atoms with Crippen LogP contribution in [0.1, 0.15) is 48.0 Å². The number of carbonyl (C=O) groups is 1. The van der Waals surface area contributed by atoms with E-state index in [9.17, 15) is 4.79 Å². The fraction of sp³-hybridized carbons (Fsp3) is 0.733. The van der Waals surface area contributed by atoms with Crippen molar-refractivity contribution in [3.63, 3.8) is 0 Å². The van der Waals surface area contributed by atoms with Gasteiger partial charge >= 0.3 is 0 Å². The Kier molecular flexibility index (Phi) is 3.61. The van der Waals surface area contributed by atoms with Gasteiger partial charge in [0, 0.05) is 13.6 Å². The Balaban J connectivity index is 1.68. The average molecular weight is 278 g/mol. The molecule has 0 radical (unpaired) electrons. The van der Waals surface area contributed by atoms with Crippen LogP contribution < -0.4 is 4.90 Å². The second kappa shape index (κ2) is 5.23. The van der Waals surface area contributed by atoms with Crippen molar-refractivity contribution < 1.29 is 4.79 Å².